The van der Waals surface area contributed by atoms with Crippen LogP contribution in [0.2, 0.25) is 0 Å². The number of nitrogens with one attached hydrogen (secondary N) is 2. The third-order valence-electron chi connectivity index (χ3n) is 8.34. The number of anilines is 5. The van der Waals surface area contributed by atoms with Crippen LogP contribution in [0.5, 0.6) is 5.75 Å². The Labute approximate surface area is 273 Å². The van der Waals surface area contributed by atoms with Crippen molar-refractivity contribution in [2.75, 3.05) is 62.2 Å². The molecule has 2 aromatic heterocycles. The number of methoxy groups -OCH3 is 1. The number of cyclic esters (lactones) is 1. The van der Waals surface area contributed by atoms with Crippen molar-refractivity contribution >= 4 is 75.1 Å². The molecule has 0 radical (unpaired) electrons. The quantitative estimate of drug-likeness (QED) is 0.190. The minimum atomic E-state index is -0.482. The van der Waals surface area contributed by atoms with Crippen LogP contribution in [0.3, 0.4) is 0 Å². The molecule has 2 N–H and O–H groups in total. The van der Waals surface area contributed by atoms with E-state index < -0.39 is 7.92 Å². The van der Waals surface area contributed by atoms with Crippen LogP contribution in [-0.2, 0) is 11.2 Å². The van der Waals surface area contributed by atoms with E-state index in [2.05, 4.69) is 78.8 Å². The Morgan fingerprint density at radius 3 is 2.60 bits per heavy atom. The molecule has 6 rings (SSSR count). The number of nitrogens with zero attached hydrogens (tertiary/aromatic N) is 6. The number of halogens is 1. The normalized spacial score (nSPS) is 15.8. The molecule has 2 aliphatic heterocycles. The molecular weight excluding hydrogens is 655 g/mol. The van der Waals surface area contributed by atoms with E-state index in [9.17, 15) is 4.79 Å². The van der Waals surface area contributed by atoms with Gasteiger partial charge in [0.1, 0.15) is 11.6 Å². The van der Waals surface area contributed by atoms with Crippen LogP contribution in [0, 0.1) is 0 Å². The molecule has 13 heteroatoms. The lowest BCUT2D eigenvalue weighted by Crippen LogP contribution is -2.50. The fourth-order valence-corrected chi connectivity index (χ4v) is 7.61. The highest BCUT2D eigenvalue weighted by atomic mass is 79.9. The minimum Gasteiger partial charge on any atom is -0.494 e. The van der Waals surface area contributed by atoms with Gasteiger partial charge >= 0.3 is 6.09 Å². The Morgan fingerprint density at radius 1 is 1.07 bits per heavy atom. The first-order valence-electron chi connectivity index (χ1n) is 15.2. The van der Waals surface area contributed by atoms with Gasteiger partial charge in [-0.3, -0.25) is 9.97 Å². The molecule has 0 atom stereocenters. The number of ether oxygens (including phenoxy) is 2. The van der Waals surface area contributed by atoms with Crippen molar-refractivity contribution in [3.63, 3.8) is 0 Å². The highest BCUT2D eigenvalue weighted by molar-refractivity contribution is 9.10. The third-order valence-corrected chi connectivity index (χ3v) is 10.3. The molecule has 0 bridgehead atoms. The summed E-state index contributed by atoms with van der Waals surface area (Å²) < 4.78 is 11.9. The lowest BCUT2D eigenvalue weighted by molar-refractivity contribution is 0.0499. The lowest BCUT2D eigenvalue weighted by Gasteiger charge is -2.40. The van der Waals surface area contributed by atoms with Crippen molar-refractivity contribution in [1.82, 2.24) is 24.8 Å². The SMILES string of the molecule is CCc1cc(Nc2ncc(Br)c(Nc3ccc4nccnc4c3P(C)C)n2)c(OC)cc1N1CCC(N2CCCOC2=O)CC1. The first-order chi connectivity index (χ1) is 21.9. The first-order valence-corrected chi connectivity index (χ1v) is 18.3. The van der Waals surface area contributed by atoms with Crippen LogP contribution < -0.4 is 25.6 Å². The van der Waals surface area contributed by atoms with Crippen molar-refractivity contribution < 1.29 is 14.3 Å². The second-order valence-corrected chi connectivity index (χ2v) is 14.4. The number of aryl methyl sites for hydroxylation is 1. The fraction of sp³-hybridized carbons (Fsp3) is 0.406. The molecule has 0 saturated carbocycles. The maximum absolute atomic E-state index is 12.3. The summed E-state index contributed by atoms with van der Waals surface area (Å²) in [5, 5.41) is 8.05. The number of carbonyl (C=O) groups excluding carboxylic acids is 1. The Bertz CT molecular complexity index is 1700. The third kappa shape index (κ3) is 6.63. The van der Waals surface area contributed by atoms with Gasteiger partial charge in [0.05, 0.1) is 34.9 Å². The average Bonchev–Trinajstić information content (AvgIpc) is 3.06. The molecule has 4 heterocycles. The van der Waals surface area contributed by atoms with Gasteiger partial charge in [-0.1, -0.05) is 14.8 Å². The van der Waals surface area contributed by atoms with Gasteiger partial charge in [-0.15, -0.1) is 0 Å². The Kier molecular flexibility index (Phi) is 9.51. The van der Waals surface area contributed by atoms with E-state index in [1.165, 1.54) is 5.56 Å². The van der Waals surface area contributed by atoms with Crippen LogP contribution in [0.1, 0.15) is 31.7 Å². The van der Waals surface area contributed by atoms with E-state index in [1.807, 2.05) is 17.0 Å². The number of fused-ring (bicyclic) bond motifs is 1. The summed E-state index contributed by atoms with van der Waals surface area (Å²) in [4.78, 5) is 35.1. The van der Waals surface area contributed by atoms with Gasteiger partial charge in [-0.05, 0) is 78.7 Å². The molecule has 11 nitrogen and oxygen atoms in total. The molecule has 0 spiro atoms. The topological polar surface area (TPSA) is 118 Å². The van der Waals surface area contributed by atoms with Gasteiger partial charge in [0.2, 0.25) is 5.95 Å². The van der Waals surface area contributed by atoms with Crippen LogP contribution in [0.15, 0.2) is 47.3 Å². The van der Waals surface area contributed by atoms with Crippen molar-refractivity contribution in [1.29, 1.82) is 0 Å². The summed E-state index contributed by atoms with van der Waals surface area (Å²) >= 11 is 3.63. The molecule has 0 aliphatic carbocycles. The summed E-state index contributed by atoms with van der Waals surface area (Å²) in [6.07, 6.45) is 8.58. The minimum absolute atomic E-state index is 0.174. The number of benzene rings is 2. The highest BCUT2D eigenvalue weighted by Crippen LogP contribution is 2.38. The Morgan fingerprint density at radius 2 is 1.87 bits per heavy atom. The van der Waals surface area contributed by atoms with Crippen molar-refractivity contribution in [2.45, 2.75) is 38.6 Å². The maximum atomic E-state index is 12.3. The number of aromatic nitrogens is 4. The number of amides is 1. The number of hydrogen-bond acceptors (Lipinski definition) is 10. The fourth-order valence-electron chi connectivity index (χ4n) is 6.12. The van der Waals surface area contributed by atoms with Gasteiger partial charge in [0, 0.05) is 67.0 Å². The summed E-state index contributed by atoms with van der Waals surface area (Å²) in [7, 11) is 1.20. The molecule has 0 unspecified atom stereocenters. The predicted octanol–water partition coefficient (Wildman–Crippen LogP) is 6.42. The molecular formula is C32H38BrN8O3P. The first kappa shape index (κ1) is 31.2. The van der Waals surface area contributed by atoms with Gasteiger partial charge in [0.15, 0.2) is 0 Å². The molecule has 2 saturated heterocycles. The lowest BCUT2D eigenvalue weighted by atomic mass is 10.00. The summed E-state index contributed by atoms with van der Waals surface area (Å²) in [5.41, 5.74) is 5.87. The van der Waals surface area contributed by atoms with Crippen LogP contribution in [-0.4, -0.2) is 83.7 Å². The molecule has 45 heavy (non-hydrogen) atoms. The van der Waals surface area contributed by atoms with Crippen LogP contribution in [0.25, 0.3) is 11.0 Å². The largest absolute Gasteiger partial charge is 0.494 e. The molecule has 2 aromatic carbocycles. The number of carbonyl (C=O) groups is 1. The summed E-state index contributed by atoms with van der Waals surface area (Å²) in [5.74, 6) is 1.80. The highest BCUT2D eigenvalue weighted by Gasteiger charge is 2.31. The molecule has 1 amide bonds. The molecule has 4 aromatic rings. The van der Waals surface area contributed by atoms with Gasteiger partial charge < -0.3 is 29.9 Å². The molecule has 236 valence electrons. The van der Waals surface area contributed by atoms with E-state index in [0.29, 0.717) is 24.1 Å². The van der Waals surface area contributed by atoms with Crippen LogP contribution in [0.4, 0.5) is 33.6 Å². The Balaban J connectivity index is 1.22. The van der Waals surface area contributed by atoms with Crippen molar-refractivity contribution in [3.8, 4) is 5.75 Å². The predicted molar refractivity (Wildman–Crippen MR) is 185 cm³/mol. The van der Waals surface area contributed by atoms with E-state index in [0.717, 1.165) is 83.2 Å². The second kappa shape index (κ2) is 13.7. The van der Waals surface area contributed by atoms with E-state index in [1.54, 1.807) is 25.7 Å². The Hall–Kier alpha value is -3.76. The standard InChI is InChI=1S/C32H38BrN8O3P/c1-5-20-17-25(27(43-2)18-26(20)40-14-9-21(10-15-40)41-13-6-16-44-32(41)42)38-31-36-19-22(33)30(39-31)37-24-8-7-23-28(29(24)45(3)4)35-12-11-34-23/h7-8,11-12,17-19,21H,5-6,9-10,13-16H2,1-4H3,(H2,36,37,38,39). The zero-order chi connectivity index (χ0) is 31.5. The van der Waals surface area contributed by atoms with E-state index in [-0.39, 0.29) is 12.1 Å². The van der Waals surface area contributed by atoms with Crippen LogP contribution >= 0.6 is 23.9 Å². The van der Waals surface area contributed by atoms with E-state index in [4.69, 9.17) is 14.5 Å². The van der Waals surface area contributed by atoms with Crippen molar-refractivity contribution in [2.24, 2.45) is 0 Å². The number of rotatable bonds is 9. The smallest absolute Gasteiger partial charge is 0.410 e. The van der Waals surface area contributed by atoms with Gasteiger partial charge in [-0.25, -0.2) is 9.78 Å². The average molecular weight is 694 g/mol. The number of piperidine rings is 1. The zero-order valence-electron chi connectivity index (χ0n) is 26.0. The van der Waals surface area contributed by atoms with Gasteiger partial charge in [0.25, 0.3) is 0 Å². The molecule has 2 aliphatic rings. The number of hydrogen-bond donors (Lipinski definition) is 2. The van der Waals surface area contributed by atoms with E-state index >= 15 is 0 Å². The maximum Gasteiger partial charge on any atom is 0.410 e. The second-order valence-electron chi connectivity index (χ2n) is 11.3. The summed E-state index contributed by atoms with van der Waals surface area (Å²) in [6, 6.07) is 8.46. The zero-order valence-corrected chi connectivity index (χ0v) is 28.5. The summed E-state index contributed by atoms with van der Waals surface area (Å²) in [6.45, 7) is 9.61. The van der Waals surface area contributed by atoms with Crippen molar-refractivity contribution in [3.05, 3.63) is 52.9 Å². The van der Waals surface area contributed by atoms with Gasteiger partial charge in [-0.2, -0.15) is 4.98 Å². The molecule has 2 fully saturated rings. The monoisotopic (exact) mass is 692 g/mol.